The lowest BCUT2D eigenvalue weighted by molar-refractivity contribution is 0.631. The molecule has 0 aliphatic heterocycles. The van der Waals surface area contributed by atoms with Crippen molar-refractivity contribution in [2.75, 3.05) is 0 Å². The molecule has 3 heterocycles. The number of allylic oxidation sites excluding steroid dienone is 2. The number of benzene rings is 2. The van der Waals surface area contributed by atoms with Crippen LogP contribution in [0.2, 0.25) is 0 Å². The smallest absolute Gasteiger partial charge is 0.138 e. The first-order valence-electron chi connectivity index (χ1n) is 10.2. The number of hydrogen-bond donors (Lipinski definition) is 2. The first-order chi connectivity index (χ1) is 15.7. The van der Waals surface area contributed by atoms with Gasteiger partial charge < -0.3 is 4.98 Å². The zero-order valence-corrected chi connectivity index (χ0v) is 17.4. The highest BCUT2D eigenvalue weighted by atomic mass is 19.1. The van der Waals surface area contributed by atoms with Crippen molar-refractivity contribution in [3.63, 3.8) is 0 Å². The summed E-state index contributed by atoms with van der Waals surface area (Å²) in [6.45, 7) is 5.61. The molecule has 156 valence electrons. The van der Waals surface area contributed by atoms with E-state index in [4.69, 9.17) is 0 Å². The first kappa shape index (κ1) is 19.6. The molecule has 32 heavy (non-hydrogen) atoms. The molecule has 0 aliphatic rings. The molecule has 0 aliphatic carbocycles. The van der Waals surface area contributed by atoms with Gasteiger partial charge in [0.05, 0.1) is 11.2 Å². The van der Waals surface area contributed by atoms with E-state index < -0.39 is 0 Å². The SMILES string of the molecule is C=CN=C/C(=C\C)c1ccc2[nH]nc(-c3cc4c(-c5ccccc5F)ccnc4[nH]3)c2c1. The minimum atomic E-state index is -0.266. The molecule has 0 amide bonds. The van der Waals surface area contributed by atoms with Crippen LogP contribution >= 0.6 is 0 Å². The van der Waals surface area contributed by atoms with E-state index >= 15 is 0 Å². The number of rotatable bonds is 5. The summed E-state index contributed by atoms with van der Waals surface area (Å²) < 4.78 is 14.5. The lowest BCUT2D eigenvalue weighted by Crippen LogP contribution is -1.86. The van der Waals surface area contributed by atoms with E-state index in [1.807, 2.05) is 43.3 Å². The van der Waals surface area contributed by atoms with Gasteiger partial charge in [0.2, 0.25) is 0 Å². The Kier molecular flexibility index (Phi) is 4.95. The van der Waals surface area contributed by atoms with Gasteiger partial charge in [0.15, 0.2) is 0 Å². The summed E-state index contributed by atoms with van der Waals surface area (Å²) in [5.41, 5.74) is 6.51. The maximum absolute atomic E-state index is 14.5. The molecule has 0 radical (unpaired) electrons. The van der Waals surface area contributed by atoms with Crippen molar-refractivity contribution < 1.29 is 4.39 Å². The van der Waals surface area contributed by atoms with E-state index in [2.05, 4.69) is 37.8 Å². The second-order valence-electron chi connectivity index (χ2n) is 7.32. The number of nitrogens with one attached hydrogen (secondary N) is 2. The van der Waals surface area contributed by atoms with Crippen LogP contribution in [0.1, 0.15) is 12.5 Å². The molecule has 5 aromatic rings. The fourth-order valence-electron chi connectivity index (χ4n) is 3.92. The molecular formula is C26H20FN5. The van der Waals surface area contributed by atoms with Gasteiger partial charge in [-0.2, -0.15) is 5.10 Å². The van der Waals surface area contributed by atoms with Crippen LogP contribution in [0.5, 0.6) is 0 Å². The van der Waals surface area contributed by atoms with Crippen molar-refractivity contribution in [1.29, 1.82) is 0 Å². The molecule has 2 N–H and O–H groups in total. The summed E-state index contributed by atoms with van der Waals surface area (Å²) >= 11 is 0. The maximum Gasteiger partial charge on any atom is 0.138 e. The third-order valence-electron chi connectivity index (χ3n) is 5.48. The van der Waals surface area contributed by atoms with Crippen LogP contribution in [0.4, 0.5) is 4.39 Å². The standard InChI is InChI=1S/C26H20FN5/c1-3-16(15-28-4-2)17-9-10-23-21(13-17)25(32-31-23)24-14-20-18(11-12-29-26(20)30-24)19-7-5-6-8-22(19)27/h3-15H,2H2,1H3,(H,29,30)(H,31,32)/b16-3+,28-15?. The van der Waals surface area contributed by atoms with Crippen molar-refractivity contribution in [2.45, 2.75) is 6.92 Å². The molecule has 6 heteroatoms. The molecule has 2 aromatic carbocycles. The normalized spacial score (nSPS) is 12.2. The molecule has 0 unspecified atom stereocenters. The predicted octanol–water partition coefficient (Wildman–Crippen LogP) is 6.53. The van der Waals surface area contributed by atoms with Gasteiger partial charge in [-0.1, -0.05) is 36.9 Å². The van der Waals surface area contributed by atoms with Gasteiger partial charge in [0, 0.05) is 34.9 Å². The number of H-pyrrole nitrogens is 2. The molecule has 0 bridgehead atoms. The van der Waals surface area contributed by atoms with Gasteiger partial charge in [-0.15, -0.1) is 0 Å². The predicted molar refractivity (Wildman–Crippen MR) is 129 cm³/mol. The lowest BCUT2D eigenvalue weighted by Gasteiger charge is -2.04. The average molecular weight is 421 g/mol. The zero-order valence-electron chi connectivity index (χ0n) is 17.4. The van der Waals surface area contributed by atoms with Crippen LogP contribution in [0, 0.1) is 5.82 Å². The summed E-state index contributed by atoms with van der Waals surface area (Å²) in [6.07, 6.45) is 6.97. The molecule has 0 saturated heterocycles. The Morgan fingerprint density at radius 1 is 1.06 bits per heavy atom. The van der Waals surface area contributed by atoms with Gasteiger partial charge in [-0.05, 0) is 54.0 Å². The first-order valence-corrected chi connectivity index (χ1v) is 10.2. The molecule has 0 atom stereocenters. The number of aromatic nitrogens is 4. The quantitative estimate of drug-likeness (QED) is 0.317. The highest BCUT2D eigenvalue weighted by Gasteiger charge is 2.16. The van der Waals surface area contributed by atoms with Gasteiger partial charge >= 0.3 is 0 Å². The monoisotopic (exact) mass is 421 g/mol. The van der Waals surface area contributed by atoms with E-state index in [9.17, 15) is 4.39 Å². The number of nitrogens with zero attached hydrogens (tertiary/aromatic N) is 3. The number of halogens is 1. The average Bonchev–Trinajstić information content (AvgIpc) is 3.43. The Morgan fingerprint density at radius 2 is 1.94 bits per heavy atom. The number of aromatic amines is 2. The molecular weight excluding hydrogens is 401 g/mol. The maximum atomic E-state index is 14.5. The van der Waals surface area contributed by atoms with Crippen LogP contribution in [0.3, 0.4) is 0 Å². The van der Waals surface area contributed by atoms with Gasteiger partial charge in [0.1, 0.15) is 17.2 Å². The Bertz CT molecular complexity index is 1520. The molecule has 5 nitrogen and oxygen atoms in total. The van der Waals surface area contributed by atoms with Crippen LogP contribution < -0.4 is 0 Å². The molecule has 5 rings (SSSR count). The number of hydrogen-bond acceptors (Lipinski definition) is 3. The highest BCUT2D eigenvalue weighted by Crippen LogP contribution is 2.34. The lowest BCUT2D eigenvalue weighted by atomic mass is 10.0. The fourth-order valence-corrected chi connectivity index (χ4v) is 3.92. The molecule has 0 fully saturated rings. The summed E-state index contributed by atoms with van der Waals surface area (Å²) in [5.74, 6) is -0.266. The Morgan fingerprint density at radius 3 is 2.75 bits per heavy atom. The van der Waals surface area contributed by atoms with E-state index in [0.717, 1.165) is 44.4 Å². The van der Waals surface area contributed by atoms with Crippen LogP contribution in [0.25, 0.3) is 50.0 Å². The van der Waals surface area contributed by atoms with Crippen molar-refractivity contribution in [1.82, 2.24) is 20.2 Å². The van der Waals surface area contributed by atoms with E-state index in [1.165, 1.54) is 12.3 Å². The number of pyridine rings is 1. The van der Waals surface area contributed by atoms with Crippen LogP contribution in [-0.2, 0) is 0 Å². The molecule has 0 saturated carbocycles. The summed E-state index contributed by atoms with van der Waals surface area (Å²) in [6, 6.07) is 16.7. The molecule has 3 aromatic heterocycles. The van der Waals surface area contributed by atoms with Gasteiger partial charge in [0.25, 0.3) is 0 Å². The van der Waals surface area contributed by atoms with E-state index in [0.29, 0.717) is 11.2 Å². The largest absolute Gasteiger partial charge is 0.338 e. The van der Waals surface area contributed by atoms with Crippen molar-refractivity contribution in [3.05, 3.63) is 91.0 Å². The minimum absolute atomic E-state index is 0.266. The van der Waals surface area contributed by atoms with E-state index in [1.54, 1.807) is 24.5 Å². The Balaban J connectivity index is 1.66. The minimum Gasteiger partial charge on any atom is -0.338 e. The topological polar surface area (TPSA) is 69.7 Å². The highest BCUT2D eigenvalue weighted by molar-refractivity contribution is 6.11. The van der Waals surface area contributed by atoms with E-state index in [-0.39, 0.29) is 5.82 Å². The second-order valence-corrected chi connectivity index (χ2v) is 7.32. The summed E-state index contributed by atoms with van der Waals surface area (Å²) in [4.78, 5) is 11.9. The zero-order chi connectivity index (χ0) is 22.1. The summed E-state index contributed by atoms with van der Waals surface area (Å²) in [7, 11) is 0. The second kappa shape index (κ2) is 8.07. The van der Waals surface area contributed by atoms with Crippen LogP contribution in [0.15, 0.2) is 84.6 Å². The van der Waals surface area contributed by atoms with Crippen molar-refractivity contribution in [2.24, 2.45) is 4.99 Å². The molecule has 0 spiro atoms. The summed E-state index contributed by atoms with van der Waals surface area (Å²) in [5, 5.41) is 9.44. The third kappa shape index (κ3) is 3.32. The fraction of sp³-hybridized carbons (Fsp3) is 0.0385. The third-order valence-corrected chi connectivity index (χ3v) is 5.48. The Hall–Kier alpha value is -4.32. The van der Waals surface area contributed by atoms with Gasteiger partial charge in [-0.3, -0.25) is 10.1 Å². The van der Waals surface area contributed by atoms with Crippen molar-refractivity contribution >= 4 is 33.7 Å². The van der Waals surface area contributed by atoms with Crippen molar-refractivity contribution in [3.8, 4) is 22.5 Å². The Labute approximate surface area is 184 Å². The number of fused-ring (bicyclic) bond motifs is 2. The number of aliphatic imine (C=N–C) groups is 1. The van der Waals surface area contributed by atoms with Gasteiger partial charge in [-0.25, -0.2) is 9.37 Å². The van der Waals surface area contributed by atoms with Crippen LogP contribution in [-0.4, -0.2) is 26.4 Å².